The molecule has 1 aliphatic heterocycles. The first-order valence-corrected chi connectivity index (χ1v) is 11.3. The summed E-state index contributed by atoms with van der Waals surface area (Å²) >= 11 is 5.96. The number of halogens is 1. The average Bonchev–Trinajstić information content (AvgIpc) is 2.83. The van der Waals surface area contributed by atoms with E-state index in [2.05, 4.69) is 37.0 Å². The van der Waals surface area contributed by atoms with Crippen molar-refractivity contribution in [1.82, 2.24) is 9.34 Å². The molecule has 25 heavy (non-hydrogen) atoms. The molecule has 138 valence electrons. The summed E-state index contributed by atoms with van der Waals surface area (Å²) in [5, 5.41) is 0.697. The highest BCUT2D eigenvalue weighted by atomic mass is 35.5. The van der Waals surface area contributed by atoms with E-state index in [1.807, 2.05) is 24.3 Å². The van der Waals surface area contributed by atoms with Crippen molar-refractivity contribution in [2.45, 2.75) is 77.5 Å². The van der Waals surface area contributed by atoms with Crippen LogP contribution in [0.2, 0.25) is 5.02 Å². The number of rotatable bonds is 4. The van der Waals surface area contributed by atoms with Gasteiger partial charge in [0.25, 0.3) is 0 Å². The minimum atomic E-state index is -2.98. The van der Waals surface area contributed by atoms with Crippen LogP contribution in [0.15, 0.2) is 29.0 Å². The first kappa shape index (κ1) is 19.1. The number of nitrogens with zero attached hydrogens (tertiary/aromatic N) is 3. The summed E-state index contributed by atoms with van der Waals surface area (Å²) in [6.45, 7) is 8.56. The van der Waals surface area contributed by atoms with Crippen LogP contribution in [-0.4, -0.2) is 39.7 Å². The van der Waals surface area contributed by atoms with Crippen LogP contribution in [0.1, 0.15) is 58.9 Å². The molecule has 3 rings (SSSR count). The topological polar surface area (TPSA) is 35.9 Å². The van der Waals surface area contributed by atoms with Crippen LogP contribution < -0.4 is 0 Å². The van der Waals surface area contributed by atoms with Crippen LogP contribution in [0.25, 0.3) is 0 Å². The molecule has 1 aromatic carbocycles. The van der Waals surface area contributed by atoms with E-state index >= 15 is 0 Å². The molecular weight excluding hydrogens is 353 g/mol. The van der Waals surface area contributed by atoms with Crippen molar-refractivity contribution >= 4 is 25.4 Å². The second kappa shape index (κ2) is 7.52. The third-order valence-electron chi connectivity index (χ3n) is 5.26. The molecule has 0 bridgehead atoms. The van der Waals surface area contributed by atoms with E-state index in [1.54, 1.807) is 6.21 Å². The van der Waals surface area contributed by atoms with Gasteiger partial charge in [0.2, 0.25) is 0 Å². The van der Waals surface area contributed by atoms with E-state index in [4.69, 9.17) is 16.4 Å². The zero-order chi connectivity index (χ0) is 18.2. The van der Waals surface area contributed by atoms with Crippen molar-refractivity contribution in [1.29, 1.82) is 0 Å². The highest BCUT2D eigenvalue weighted by Crippen LogP contribution is 2.66. The minimum Gasteiger partial charge on any atom is -0.262 e. The van der Waals surface area contributed by atoms with Crippen LogP contribution in [0.5, 0.6) is 0 Å². The zero-order valence-electron chi connectivity index (χ0n) is 15.6. The molecule has 6 heteroatoms. The summed E-state index contributed by atoms with van der Waals surface area (Å²) in [5.41, 5.74) is 0.932. The van der Waals surface area contributed by atoms with Gasteiger partial charge < -0.3 is 0 Å². The highest BCUT2D eigenvalue weighted by molar-refractivity contribution is 7.58. The maximum absolute atomic E-state index is 14.2. The smallest absolute Gasteiger partial charge is 0.262 e. The summed E-state index contributed by atoms with van der Waals surface area (Å²) in [6, 6.07) is 8.64. The number of fused-ring (bicyclic) bond motifs is 1. The Labute approximate surface area is 156 Å². The van der Waals surface area contributed by atoms with Gasteiger partial charge in [0.15, 0.2) is 0 Å². The molecule has 1 aliphatic carbocycles. The maximum Gasteiger partial charge on any atom is 0.330 e. The summed E-state index contributed by atoms with van der Waals surface area (Å²) in [5.74, 6) is 0. The van der Waals surface area contributed by atoms with E-state index in [0.29, 0.717) is 17.1 Å². The largest absolute Gasteiger partial charge is 0.330 e. The van der Waals surface area contributed by atoms with Crippen molar-refractivity contribution in [3.63, 3.8) is 0 Å². The van der Waals surface area contributed by atoms with Crippen molar-refractivity contribution in [2.24, 2.45) is 4.76 Å². The first-order valence-electron chi connectivity index (χ1n) is 9.33. The number of hydrogen-bond donors (Lipinski definition) is 0. The SMILES string of the molecule is CC(C)N1[C@@H]2CCCC[C@H]2N(C(C)C)P1(=O)/N=C/c1ccc(Cl)cc1. The van der Waals surface area contributed by atoms with Crippen LogP contribution in [0, 0.1) is 0 Å². The van der Waals surface area contributed by atoms with Gasteiger partial charge in [-0.2, -0.15) is 0 Å². The Hall–Kier alpha value is -0.670. The van der Waals surface area contributed by atoms with E-state index in [-0.39, 0.29) is 12.1 Å². The molecule has 0 amide bonds. The lowest BCUT2D eigenvalue weighted by Gasteiger charge is -2.33. The van der Waals surface area contributed by atoms with Crippen LogP contribution in [-0.2, 0) is 4.57 Å². The van der Waals surface area contributed by atoms with Crippen LogP contribution in [0.4, 0.5) is 0 Å². The molecule has 1 saturated carbocycles. The monoisotopic (exact) mass is 381 g/mol. The van der Waals surface area contributed by atoms with Gasteiger partial charge in [-0.1, -0.05) is 36.6 Å². The van der Waals surface area contributed by atoms with E-state index in [9.17, 15) is 4.57 Å². The van der Waals surface area contributed by atoms with Gasteiger partial charge in [0, 0.05) is 35.4 Å². The van der Waals surface area contributed by atoms with Gasteiger partial charge in [-0.05, 0) is 58.2 Å². The Kier molecular flexibility index (Phi) is 5.75. The normalized spacial score (nSPS) is 27.5. The molecule has 4 nitrogen and oxygen atoms in total. The molecule has 2 aliphatic rings. The zero-order valence-corrected chi connectivity index (χ0v) is 17.3. The first-order chi connectivity index (χ1) is 11.8. The lowest BCUT2D eigenvalue weighted by molar-refractivity contribution is 0.173. The fourth-order valence-corrected chi connectivity index (χ4v) is 7.79. The molecule has 2 fully saturated rings. The molecular formula is C19H29ClN3OP. The summed E-state index contributed by atoms with van der Waals surface area (Å²) in [6.07, 6.45) is 6.44. The molecule has 0 unspecified atom stereocenters. The van der Waals surface area contributed by atoms with E-state index in [0.717, 1.165) is 18.4 Å². The third kappa shape index (κ3) is 3.60. The fourth-order valence-electron chi connectivity index (χ4n) is 4.39. The van der Waals surface area contributed by atoms with Gasteiger partial charge in [-0.3, -0.25) is 4.57 Å². The quantitative estimate of drug-likeness (QED) is 0.502. The maximum atomic E-state index is 14.2. The highest BCUT2D eigenvalue weighted by Gasteiger charge is 2.56. The lowest BCUT2D eigenvalue weighted by atomic mass is 9.89. The molecule has 0 aromatic heterocycles. The van der Waals surface area contributed by atoms with Gasteiger partial charge in [-0.15, -0.1) is 0 Å². The average molecular weight is 382 g/mol. The Balaban J connectivity index is 2.01. The van der Waals surface area contributed by atoms with E-state index in [1.165, 1.54) is 12.8 Å². The van der Waals surface area contributed by atoms with Crippen LogP contribution in [0.3, 0.4) is 0 Å². The molecule has 0 radical (unpaired) electrons. The molecule has 2 atom stereocenters. The summed E-state index contributed by atoms with van der Waals surface area (Å²) in [7, 11) is -2.98. The summed E-state index contributed by atoms with van der Waals surface area (Å²) < 4.78 is 23.3. The van der Waals surface area contributed by atoms with Gasteiger partial charge in [-0.25, -0.2) is 14.1 Å². The van der Waals surface area contributed by atoms with Crippen molar-refractivity contribution in [3.05, 3.63) is 34.9 Å². The molecule has 0 spiro atoms. The van der Waals surface area contributed by atoms with Crippen molar-refractivity contribution < 1.29 is 4.57 Å². The Bertz CT molecular complexity index is 646. The molecule has 1 aromatic rings. The van der Waals surface area contributed by atoms with Crippen molar-refractivity contribution in [2.75, 3.05) is 0 Å². The number of benzene rings is 1. The standard InChI is InChI=1S/C19H29ClN3OP/c1-14(2)22-18-7-5-6-8-19(18)23(15(3)4)25(22,24)21-13-16-9-11-17(20)12-10-16/h9-15,18-19H,5-8H2,1-4H3/b21-13+/t18-,19-/m1/s1. The second-order valence-corrected chi connectivity index (χ2v) is 10.3. The molecule has 0 N–H and O–H groups in total. The Morgan fingerprint density at radius 2 is 1.52 bits per heavy atom. The predicted molar refractivity (Wildman–Crippen MR) is 107 cm³/mol. The van der Waals surface area contributed by atoms with Crippen LogP contribution >= 0.6 is 19.2 Å². The minimum absolute atomic E-state index is 0.211. The predicted octanol–water partition coefficient (Wildman–Crippen LogP) is 5.61. The van der Waals surface area contributed by atoms with Crippen molar-refractivity contribution in [3.8, 4) is 0 Å². The summed E-state index contributed by atoms with van der Waals surface area (Å²) in [4.78, 5) is 0. The van der Waals surface area contributed by atoms with E-state index < -0.39 is 7.59 Å². The Morgan fingerprint density at radius 3 is 1.96 bits per heavy atom. The van der Waals surface area contributed by atoms with Gasteiger partial charge in [0.05, 0.1) is 0 Å². The number of hydrogen-bond acceptors (Lipinski definition) is 1. The molecule has 1 saturated heterocycles. The lowest BCUT2D eigenvalue weighted by Crippen LogP contribution is -2.43. The van der Waals surface area contributed by atoms with Gasteiger partial charge in [0.1, 0.15) is 0 Å². The van der Waals surface area contributed by atoms with Gasteiger partial charge >= 0.3 is 7.59 Å². The fraction of sp³-hybridized carbons (Fsp3) is 0.632. The second-order valence-electron chi connectivity index (χ2n) is 7.68. The third-order valence-corrected chi connectivity index (χ3v) is 8.65. The molecule has 1 heterocycles. The Morgan fingerprint density at radius 1 is 1.04 bits per heavy atom.